The van der Waals surface area contributed by atoms with E-state index in [0.717, 1.165) is 40.2 Å². The fourth-order valence-corrected chi connectivity index (χ4v) is 5.65. The monoisotopic (exact) mass is 473 g/mol. The number of aryl methyl sites for hydroxylation is 1. The highest BCUT2D eigenvalue weighted by atomic mass is 32.2. The van der Waals surface area contributed by atoms with Crippen LogP contribution in [0.4, 0.5) is 0 Å². The summed E-state index contributed by atoms with van der Waals surface area (Å²) in [5.41, 5.74) is 6.88. The highest BCUT2D eigenvalue weighted by Gasteiger charge is 2.22. The third-order valence-corrected chi connectivity index (χ3v) is 7.72. The molecule has 4 rings (SSSR count). The Bertz CT molecular complexity index is 1370. The van der Waals surface area contributed by atoms with Gasteiger partial charge in [0, 0.05) is 31.3 Å². The maximum atomic E-state index is 13.3. The first kappa shape index (κ1) is 23.9. The van der Waals surface area contributed by atoms with Gasteiger partial charge in [0.25, 0.3) is 0 Å². The molecule has 5 nitrogen and oxygen atoms in total. The van der Waals surface area contributed by atoms with Gasteiger partial charge in [0.1, 0.15) is 0 Å². The minimum Gasteiger partial charge on any atom is -0.305 e. The molecule has 34 heavy (non-hydrogen) atoms. The van der Waals surface area contributed by atoms with E-state index in [4.69, 9.17) is 0 Å². The summed E-state index contributed by atoms with van der Waals surface area (Å²) in [4.78, 5) is 2.45. The average molecular weight is 474 g/mol. The summed E-state index contributed by atoms with van der Waals surface area (Å²) in [5, 5.41) is 4.61. The zero-order valence-electron chi connectivity index (χ0n) is 20.2. The fraction of sp³-hybridized carbons (Fsp3) is 0.250. The van der Waals surface area contributed by atoms with Gasteiger partial charge in [-0.05, 0) is 61.5 Å². The van der Waals surface area contributed by atoms with E-state index in [2.05, 4.69) is 28.2 Å². The molecule has 0 aliphatic rings. The molecule has 0 bridgehead atoms. The molecular weight excluding hydrogens is 442 g/mol. The van der Waals surface area contributed by atoms with Gasteiger partial charge >= 0.3 is 0 Å². The van der Waals surface area contributed by atoms with Crippen LogP contribution in [-0.2, 0) is 35.6 Å². The van der Waals surface area contributed by atoms with E-state index < -0.39 is 9.84 Å². The van der Waals surface area contributed by atoms with Gasteiger partial charge in [0.2, 0.25) is 0 Å². The van der Waals surface area contributed by atoms with Crippen LogP contribution in [0.15, 0.2) is 83.8 Å². The third kappa shape index (κ3) is 5.46. The van der Waals surface area contributed by atoms with E-state index in [9.17, 15) is 8.42 Å². The number of nitrogens with zero attached hydrogens (tertiary/aromatic N) is 3. The normalized spacial score (nSPS) is 11.8. The molecule has 1 aromatic heterocycles. The molecule has 4 aromatic rings. The molecule has 0 atom stereocenters. The molecule has 0 spiro atoms. The lowest BCUT2D eigenvalue weighted by Gasteiger charge is -2.11. The van der Waals surface area contributed by atoms with Gasteiger partial charge in [-0.2, -0.15) is 5.10 Å². The molecule has 0 aliphatic heterocycles. The summed E-state index contributed by atoms with van der Waals surface area (Å²) in [6.07, 6.45) is 0.607. The largest absolute Gasteiger partial charge is 0.305 e. The predicted octanol–water partition coefficient (Wildman–Crippen LogP) is 5.02. The summed E-state index contributed by atoms with van der Waals surface area (Å²) in [7, 11) is 2.43. The lowest BCUT2D eigenvalue weighted by molar-refractivity contribution is 0.402. The zero-order chi connectivity index (χ0) is 24.3. The number of hydrogen-bond donors (Lipinski definition) is 0. The van der Waals surface area contributed by atoms with Crippen LogP contribution in [0, 0.1) is 6.92 Å². The van der Waals surface area contributed by atoms with E-state index in [0.29, 0.717) is 11.3 Å². The Kier molecular flexibility index (Phi) is 7.00. The summed E-state index contributed by atoms with van der Waals surface area (Å²) >= 11 is 0. The molecule has 0 fully saturated rings. The molecule has 0 saturated carbocycles. The summed E-state index contributed by atoms with van der Waals surface area (Å²) < 4.78 is 28.5. The van der Waals surface area contributed by atoms with Crippen molar-refractivity contribution in [2.75, 3.05) is 14.1 Å². The van der Waals surface area contributed by atoms with Crippen molar-refractivity contribution in [2.24, 2.45) is 7.05 Å². The summed E-state index contributed by atoms with van der Waals surface area (Å²) in [6.45, 7) is 2.78. The Morgan fingerprint density at radius 1 is 0.853 bits per heavy atom. The van der Waals surface area contributed by atoms with Crippen molar-refractivity contribution in [3.8, 4) is 11.1 Å². The van der Waals surface area contributed by atoms with Gasteiger partial charge in [-0.3, -0.25) is 4.68 Å². The number of hydrogen-bond acceptors (Lipinski definition) is 4. The smallest absolute Gasteiger partial charge is 0.182 e. The van der Waals surface area contributed by atoms with Crippen LogP contribution >= 0.6 is 0 Å². The highest BCUT2D eigenvalue weighted by molar-refractivity contribution is 7.90. The van der Waals surface area contributed by atoms with Crippen LogP contribution in [0.1, 0.15) is 28.1 Å². The van der Waals surface area contributed by atoms with E-state index in [1.54, 1.807) is 16.8 Å². The minimum absolute atomic E-state index is 0.0630. The Hall–Kier alpha value is -3.22. The topological polar surface area (TPSA) is 55.2 Å². The second kappa shape index (κ2) is 9.95. The first-order chi connectivity index (χ1) is 16.2. The van der Waals surface area contributed by atoms with E-state index in [-0.39, 0.29) is 5.75 Å². The van der Waals surface area contributed by atoms with Gasteiger partial charge in [-0.25, -0.2) is 8.42 Å². The van der Waals surface area contributed by atoms with Gasteiger partial charge in [-0.15, -0.1) is 0 Å². The van der Waals surface area contributed by atoms with Crippen molar-refractivity contribution in [3.63, 3.8) is 0 Å². The van der Waals surface area contributed by atoms with Crippen LogP contribution in [0.3, 0.4) is 0 Å². The van der Waals surface area contributed by atoms with E-state index in [1.165, 1.54) is 5.56 Å². The molecule has 6 heteroatoms. The van der Waals surface area contributed by atoms with E-state index >= 15 is 0 Å². The molecule has 0 radical (unpaired) electrons. The van der Waals surface area contributed by atoms with Crippen molar-refractivity contribution in [2.45, 2.75) is 30.5 Å². The Morgan fingerprint density at radius 2 is 1.53 bits per heavy atom. The Balaban J connectivity index is 1.58. The minimum atomic E-state index is -3.52. The first-order valence-electron chi connectivity index (χ1n) is 11.3. The Morgan fingerprint density at radius 3 is 2.21 bits per heavy atom. The maximum absolute atomic E-state index is 13.3. The van der Waals surface area contributed by atoms with Gasteiger partial charge < -0.3 is 4.90 Å². The predicted molar refractivity (Wildman–Crippen MR) is 137 cm³/mol. The second-order valence-electron chi connectivity index (χ2n) is 9.02. The SMILES string of the molecule is Cc1c(CS(=O)(=O)c2ccc(-c3cccc(CN(C)C)c3)cc2)c(Cc2ccccc2)nn1C. The zero-order valence-corrected chi connectivity index (χ0v) is 21.0. The van der Waals surface area contributed by atoms with Crippen molar-refractivity contribution >= 4 is 9.84 Å². The average Bonchev–Trinajstić information content (AvgIpc) is 3.06. The van der Waals surface area contributed by atoms with E-state index in [1.807, 2.05) is 76.6 Å². The molecule has 0 amide bonds. The van der Waals surface area contributed by atoms with Crippen LogP contribution in [0.5, 0.6) is 0 Å². The lowest BCUT2D eigenvalue weighted by Crippen LogP contribution is -2.10. The van der Waals surface area contributed by atoms with Crippen molar-refractivity contribution in [1.29, 1.82) is 0 Å². The molecular formula is C28H31N3O2S. The standard InChI is InChI=1S/C28H31N3O2S/c1-21-27(28(29-31(21)4)18-22-9-6-5-7-10-22)20-34(32,33)26-15-13-24(14-16-26)25-12-8-11-23(17-25)19-30(2)3/h5-17H,18-20H2,1-4H3. The number of sulfone groups is 1. The van der Waals surface area contributed by atoms with Crippen LogP contribution in [0.2, 0.25) is 0 Å². The second-order valence-corrected chi connectivity index (χ2v) is 11.0. The van der Waals surface area contributed by atoms with Crippen LogP contribution < -0.4 is 0 Å². The van der Waals surface area contributed by atoms with Gasteiger partial charge in [-0.1, -0.05) is 60.7 Å². The molecule has 0 unspecified atom stereocenters. The van der Waals surface area contributed by atoms with Crippen LogP contribution in [0.25, 0.3) is 11.1 Å². The first-order valence-corrected chi connectivity index (χ1v) is 13.0. The summed E-state index contributed by atoms with van der Waals surface area (Å²) in [6, 6.07) is 25.6. The number of benzene rings is 3. The van der Waals surface area contributed by atoms with Crippen molar-refractivity contribution in [3.05, 3.63) is 107 Å². The number of aromatic nitrogens is 2. The molecule has 0 N–H and O–H groups in total. The number of rotatable bonds is 8. The molecule has 0 saturated heterocycles. The van der Waals surface area contributed by atoms with Crippen molar-refractivity contribution in [1.82, 2.24) is 14.7 Å². The maximum Gasteiger partial charge on any atom is 0.182 e. The molecule has 3 aromatic carbocycles. The third-order valence-electron chi connectivity index (χ3n) is 6.06. The molecule has 0 aliphatic carbocycles. The lowest BCUT2D eigenvalue weighted by atomic mass is 10.0. The van der Waals surface area contributed by atoms with Gasteiger partial charge in [0.05, 0.1) is 16.3 Å². The summed E-state index contributed by atoms with van der Waals surface area (Å²) in [5.74, 6) is -0.0630. The fourth-order valence-electron chi connectivity index (χ4n) is 4.18. The molecule has 176 valence electrons. The highest BCUT2D eigenvalue weighted by Crippen LogP contribution is 2.26. The Labute approximate surface area is 202 Å². The molecule has 1 heterocycles. The van der Waals surface area contributed by atoms with Crippen LogP contribution in [-0.4, -0.2) is 37.2 Å². The quantitative estimate of drug-likeness (QED) is 0.361. The van der Waals surface area contributed by atoms with Crippen molar-refractivity contribution < 1.29 is 8.42 Å². The van der Waals surface area contributed by atoms with Gasteiger partial charge in [0.15, 0.2) is 9.84 Å².